The van der Waals surface area contributed by atoms with Crippen molar-refractivity contribution in [1.29, 1.82) is 0 Å². The number of rotatable bonds is 11. The van der Waals surface area contributed by atoms with Crippen LogP contribution < -0.4 is 10.2 Å². The van der Waals surface area contributed by atoms with Gasteiger partial charge in [0, 0.05) is 40.5 Å². The lowest BCUT2D eigenvalue weighted by atomic mass is 9.96. The molecule has 0 unspecified atom stereocenters. The van der Waals surface area contributed by atoms with E-state index in [1.54, 1.807) is 17.6 Å². The lowest BCUT2D eigenvalue weighted by molar-refractivity contribution is -0.131. The van der Waals surface area contributed by atoms with Gasteiger partial charge in [-0.3, -0.25) is 10.0 Å². The van der Waals surface area contributed by atoms with E-state index in [0.29, 0.717) is 12.0 Å². The third-order valence-electron chi connectivity index (χ3n) is 7.33. The molecule has 0 bridgehead atoms. The molecule has 4 aromatic rings. The molecule has 4 N–H and O–H groups in total. The summed E-state index contributed by atoms with van der Waals surface area (Å²) in [6, 6.07) is 12.0. The number of fused-ring (bicyclic) bond motifs is 4. The minimum absolute atomic E-state index is 0.0422. The molecule has 5 rings (SSSR count). The molecule has 1 atom stereocenters. The molecule has 0 saturated carbocycles. The van der Waals surface area contributed by atoms with Crippen molar-refractivity contribution < 1.29 is 22.8 Å². The maximum Gasteiger partial charge on any atom is 0.261 e. The number of aromatic nitrogens is 1. The molecule has 0 saturated heterocycles. The van der Waals surface area contributed by atoms with Gasteiger partial charge in [-0.05, 0) is 62.3 Å². The number of amides is 1. The van der Waals surface area contributed by atoms with Crippen molar-refractivity contribution >= 4 is 37.8 Å². The van der Waals surface area contributed by atoms with E-state index in [1.807, 2.05) is 12.1 Å². The highest BCUT2D eigenvalue weighted by molar-refractivity contribution is 7.89. The van der Waals surface area contributed by atoms with Crippen molar-refractivity contribution in [2.45, 2.75) is 75.1 Å². The molecule has 0 radical (unpaired) electrons. The van der Waals surface area contributed by atoms with Gasteiger partial charge < -0.3 is 9.40 Å². The first-order valence-electron chi connectivity index (χ1n) is 13.0. The number of sulfonamides is 1. The quantitative estimate of drug-likeness (QED) is 0.123. The Kier molecular flexibility index (Phi) is 7.64. The fourth-order valence-corrected chi connectivity index (χ4v) is 6.59. The van der Waals surface area contributed by atoms with E-state index in [9.17, 15) is 18.4 Å². The van der Waals surface area contributed by atoms with E-state index in [-0.39, 0.29) is 11.3 Å². The van der Waals surface area contributed by atoms with E-state index < -0.39 is 22.0 Å². The van der Waals surface area contributed by atoms with Crippen LogP contribution in [-0.2, 0) is 34.1 Å². The fraction of sp³-hybridized carbons (Fsp3) is 0.393. The van der Waals surface area contributed by atoms with Crippen LogP contribution in [0.15, 0.2) is 58.0 Å². The number of unbranched alkanes of at least 4 members (excludes halogenated alkanes) is 3. The Hall–Kier alpha value is -3.14. The zero-order chi connectivity index (χ0) is 25.8. The lowest BCUT2D eigenvalue weighted by Crippen LogP contribution is -2.45. The number of carbonyl (C=O) groups excluding carboxylic acids is 1. The summed E-state index contributed by atoms with van der Waals surface area (Å²) in [6.07, 6.45) is 10.7. The summed E-state index contributed by atoms with van der Waals surface area (Å²) in [5.41, 5.74) is 5.74. The Morgan fingerprint density at radius 1 is 1.03 bits per heavy atom. The molecule has 0 spiro atoms. The number of hydrogen-bond acceptors (Lipinski definition) is 5. The van der Waals surface area contributed by atoms with Gasteiger partial charge in [-0.1, -0.05) is 37.5 Å². The first-order valence-corrected chi connectivity index (χ1v) is 14.5. The number of carbonyl (C=O) groups is 1. The molecule has 0 aliphatic heterocycles. The predicted octanol–water partition coefficient (Wildman–Crippen LogP) is 5.14. The summed E-state index contributed by atoms with van der Waals surface area (Å²) >= 11 is 0. The minimum atomic E-state index is -3.99. The summed E-state index contributed by atoms with van der Waals surface area (Å²) in [5, 5.41) is 11.4. The SMILES string of the molecule is O=C(NO)[C@H](CCCCCCc1c[nH]c2ccccc12)NS(=O)(=O)c1ccc2c3c(oc2c1)CCCC3. The van der Waals surface area contributed by atoms with Crippen LogP contribution in [0.3, 0.4) is 0 Å². The summed E-state index contributed by atoms with van der Waals surface area (Å²) in [7, 11) is -3.99. The summed E-state index contributed by atoms with van der Waals surface area (Å²) < 4.78 is 34.6. The van der Waals surface area contributed by atoms with Gasteiger partial charge in [0.05, 0.1) is 4.90 Å². The molecule has 1 amide bonds. The average Bonchev–Trinajstić information content (AvgIpc) is 3.50. The summed E-state index contributed by atoms with van der Waals surface area (Å²) in [4.78, 5) is 15.6. The Balaban J connectivity index is 1.17. The van der Waals surface area contributed by atoms with Crippen LogP contribution >= 0.6 is 0 Å². The molecule has 1 aliphatic carbocycles. The van der Waals surface area contributed by atoms with Crippen LogP contribution in [0.4, 0.5) is 0 Å². The van der Waals surface area contributed by atoms with Gasteiger partial charge >= 0.3 is 0 Å². The second kappa shape index (κ2) is 11.1. The van der Waals surface area contributed by atoms with Gasteiger partial charge in [-0.15, -0.1) is 0 Å². The smallest absolute Gasteiger partial charge is 0.261 e. The number of aryl methyl sites for hydroxylation is 3. The Labute approximate surface area is 216 Å². The Bertz CT molecular complexity index is 1500. The van der Waals surface area contributed by atoms with Crippen LogP contribution in [0.5, 0.6) is 0 Å². The van der Waals surface area contributed by atoms with E-state index in [1.165, 1.54) is 22.6 Å². The topological polar surface area (TPSA) is 124 Å². The first-order chi connectivity index (χ1) is 18.0. The Morgan fingerprint density at radius 2 is 1.84 bits per heavy atom. The molecule has 196 valence electrons. The number of H-pyrrole nitrogens is 1. The maximum atomic E-state index is 13.1. The van der Waals surface area contributed by atoms with Crippen molar-refractivity contribution in [3.05, 3.63) is 65.5 Å². The molecule has 2 aromatic heterocycles. The van der Waals surface area contributed by atoms with Crippen LogP contribution in [0.2, 0.25) is 0 Å². The third kappa shape index (κ3) is 5.58. The number of benzene rings is 2. The molecular formula is C28H33N3O5S. The molecule has 9 heteroatoms. The maximum absolute atomic E-state index is 13.1. The van der Waals surface area contributed by atoms with Gasteiger partial charge in [0.15, 0.2) is 0 Å². The number of hydrogen-bond donors (Lipinski definition) is 4. The Morgan fingerprint density at radius 3 is 2.70 bits per heavy atom. The number of para-hydroxylation sites is 1. The van der Waals surface area contributed by atoms with Gasteiger partial charge in [-0.25, -0.2) is 13.9 Å². The standard InChI is InChI=1S/C28H33N3O5S/c32-28(30-33)25(13-4-2-1-3-9-19-18-29-24-12-7-5-10-21(19)24)31-37(34,35)20-15-16-23-22-11-6-8-14-26(22)36-27(23)17-20/h5,7,10,12,15-18,25,29,31,33H,1-4,6,8-9,11,13-14H2,(H,30,32)/t25-/m0/s1. The first kappa shape index (κ1) is 25.5. The molecule has 0 fully saturated rings. The minimum Gasteiger partial charge on any atom is -0.461 e. The summed E-state index contributed by atoms with van der Waals surface area (Å²) in [6.45, 7) is 0. The lowest BCUT2D eigenvalue weighted by Gasteiger charge is -2.17. The van der Waals surface area contributed by atoms with Crippen molar-refractivity contribution in [3.63, 3.8) is 0 Å². The van der Waals surface area contributed by atoms with Crippen molar-refractivity contribution in [3.8, 4) is 0 Å². The van der Waals surface area contributed by atoms with Crippen molar-refractivity contribution in [2.75, 3.05) is 0 Å². The second-order valence-corrected chi connectivity index (χ2v) is 11.5. The van der Waals surface area contributed by atoms with Crippen LogP contribution in [0.25, 0.3) is 21.9 Å². The van der Waals surface area contributed by atoms with E-state index in [4.69, 9.17) is 4.42 Å². The zero-order valence-electron chi connectivity index (χ0n) is 20.8. The van der Waals surface area contributed by atoms with E-state index in [2.05, 4.69) is 28.0 Å². The molecule has 1 aliphatic rings. The van der Waals surface area contributed by atoms with Gasteiger partial charge in [0.25, 0.3) is 5.91 Å². The largest absolute Gasteiger partial charge is 0.461 e. The second-order valence-electron chi connectivity index (χ2n) is 9.83. The highest BCUT2D eigenvalue weighted by atomic mass is 32.2. The third-order valence-corrected chi connectivity index (χ3v) is 8.80. The van der Waals surface area contributed by atoms with Crippen LogP contribution in [0.1, 0.15) is 61.8 Å². The normalized spacial score (nSPS) is 14.6. The number of nitrogens with one attached hydrogen (secondary N) is 3. The van der Waals surface area contributed by atoms with Crippen LogP contribution in [0, 0.1) is 0 Å². The van der Waals surface area contributed by atoms with Gasteiger partial charge in [-0.2, -0.15) is 4.72 Å². The highest BCUT2D eigenvalue weighted by Crippen LogP contribution is 2.33. The highest BCUT2D eigenvalue weighted by Gasteiger charge is 2.26. The van der Waals surface area contributed by atoms with Crippen molar-refractivity contribution in [2.24, 2.45) is 0 Å². The summed E-state index contributed by atoms with van der Waals surface area (Å²) in [5.74, 6) is 0.169. The van der Waals surface area contributed by atoms with E-state index in [0.717, 1.165) is 68.0 Å². The van der Waals surface area contributed by atoms with Crippen molar-refractivity contribution in [1.82, 2.24) is 15.2 Å². The van der Waals surface area contributed by atoms with Gasteiger partial charge in [0.1, 0.15) is 17.4 Å². The number of furan rings is 1. The molecule has 8 nitrogen and oxygen atoms in total. The molecular weight excluding hydrogens is 490 g/mol. The number of aromatic amines is 1. The molecule has 2 heterocycles. The monoisotopic (exact) mass is 523 g/mol. The number of hydroxylamine groups is 1. The van der Waals surface area contributed by atoms with Crippen LogP contribution in [-0.4, -0.2) is 30.6 Å². The van der Waals surface area contributed by atoms with E-state index >= 15 is 0 Å². The fourth-order valence-electron chi connectivity index (χ4n) is 5.34. The zero-order valence-corrected chi connectivity index (χ0v) is 21.6. The predicted molar refractivity (Wildman–Crippen MR) is 142 cm³/mol. The molecule has 37 heavy (non-hydrogen) atoms. The van der Waals surface area contributed by atoms with Gasteiger partial charge in [0.2, 0.25) is 10.0 Å². The molecule has 2 aromatic carbocycles. The average molecular weight is 524 g/mol.